The highest BCUT2D eigenvalue weighted by molar-refractivity contribution is 5.82. The zero-order chi connectivity index (χ0) is 14.3. The number of carbonyl (C=O) groups excluding carboxylic acids is 1. The maximum atomic E-state index is 11.6. The van der Waals surface area contributed by atoms with E-state index in [4.69, 9.17) is 5.11 Å². The number of aromatic nitrogens is 2. The van der Waals surface area contributed by atoms with E-state index in [-0.39, 0.29) is 5.92 Å². The molecule has 1 aromatic rings. The van der Waals surface area contributed by atoms with E-state index in [1.165, 1.54) is 0 Å². The van der Waals surface area contributed by atoms with E-state index in [1.54, 1.807) is 19.3 Å². The second-order valence-electron chi connectivity index (χ2n) is 4.39. The number of carbonyl (C=O) groups is 2. The SMILES string of the molecule is CC[C@H](C)[C@H](NC(=O)NCCc1ncc[nH]1)C(=O)O. The van der Waals surface area contributed by atoms with Gasteiger partial charge in [0, 0.05) is 25.4 Å². The second-order valence-corrected chi connectivity index (χ2v) is 4.39. The summed E-state index contributed by atoms with van der Waals surface area (Å²) in [5.41, 5.74) is 0. The van der Waals surface area contributed by atoms with Crippen molar-refractivity contribution >= 4 is 12.0 Å². The number of aromatic amines is 1. The molecule has 7 heteroatoms. The average molecular weight is 268 g/mol. The minimum Gasteiger partial charge on any atom is -0.480 e. The van der Waals surface area contributed by atoms with E-state index in [9.17, 15) is 9.59 Å². The van der Waals surface area contributed by atoms with Crippen LogP contribution in [-0.4, -0.2) is 39.7 Å². The molecule has 0 unspecified atom stereocenters. The van der Waals surface area contributed by atoms with Gasteiger partial charge in [-0.25, -0.2) is 14.6 Å². The molecule has 106 valence electrons. The highest BCUT2D eigenvalue weighted by Crippen LogP contribution is 2.07. The van der Waals surface area contributed by atoms with Crippen molar-refractivity contribution in [3.8, 4) is 0 Å². The molecule has 4 N–H and O–H groups in total. The molecule has 1 rings (SSSR count). The van der Waals surface area contributed by atoms with Crippen LogP contribution in [0.25, 0.3) is 0 Å². The Labute approximate surface area is 111 Å². The van der Waals surface area contributed by atoms with Crippen molar-refractivity contribution in [3.63, 3.8) is 0 Å². The molecule has 1 aromatic heterocycles. The second kappa shape index (κ2) is 7.40. The molecule has 0 aromatic carbocycles. The Kier molecular flexibility index (Phi) is 5.84. The standard InChI is InChI=1S/C12H20N4O3/c1-3-8(2)10(11(17)18)16-12(19)15-5-4-9-13-6-7-14-9/h6-8,10H,3-5H2,1-2H3,(H,13,14)(H,17,18)(H2,15,16,19)/t8-,10-/m0/s1. The first kappa shape index (κ1) is 15.0. The summed E-state index contributed by atoms with van der Waals surface area (Å²) in [4.78, 5) is 29.6. The van der Waals surface area contributed by atoms with Crippen LogP contribution in [0, 0.1) is 5.92 Å². The molecule has 0 aliphatic rings. The van der Waals surface area contributed by atoms with Gasteiger partial charge in [0.25, 0.3) is 0 Å². The summed E-state index contributed by atoms with van der Waals surface area (Å²) < 4.78 is 0. The van der Waals surface area contributed by atoms with Crippen molar-refractivity contribution in [2.45, 2.75) is 32.7 Å². The Morgan fingerprint density at radius 2 is 2.26 bits per heavy atom. The van der Waals surface area contributed by atoms with Crippen molar-refractivity contribution < 1.29 is 14.7 Å². The predicted molar refractivity (Wildman–Crippen MR) is 69.7 cm³/mol. The lowest BCUT2D eigenvalue weighted by molar-refractivity contribution is -0.140. The fourth-order valence-electron chi connectivity index (χ4n) is 1.60. The average Bonchev–Trinajstić information content (AvgIpc) is 2.87. The van der Waals surface area contributed by atoms with Gasteiger partial charge in [0.05, 0.1) is 0 Å². The number of nitrogens with zero attached hydrogens (tertiary/aromatic N) is 1. The van der Waals surface area contributed by atoms with Gasteiger partial charge in [-0.1, -0.05) is 20.3 Å². The molecule has 1 heterocycles. The van der Waals surface area contributed by atoms with Crippen molar-refractivity contribution in [1.82, 2.24) is 20.6 Å². The summed E-state index contributed by atoms with van der Waals surface area (Å²) in [6.45, 7) is 4.07. The van der Waals surface area contributed by atoms with Gasteiger partial charge in [-0.05, 0) is 5.92 Å². The number of rotatable bonds is 7. The summed E-state index contributed by atoms with van der Waals surface area (Å²) in [5.74, 6) is -0.360. The predicted octanol–water partition coefficient (Wildman–Crippen LogP) is 0.751. The Morgan fingerprint density at radius 1 is 1.53 bits per heavy atom. The molecular formula is C12H20N4O3. The van der Waals surface area contributed by atoms with Crippen molar-refractivity contribution in [1.29, 1.82) is 0 Å². The molecule has 0 spiro atoms. The lowest BCUT2D eigenvalue weighted by atomic mass is 9.99. The van der Waals surface area contributed by atoms with E-state index in [1.807, 2.05) is 6.92 Å². The number of hydrogen-bond donors (Lipinski definition) is 4. The van der Waals surface area contributed by atoms with Crippen molar-refractivity contribution in [3.05, 3.63) is 18.2 Å². The maximum absolute atomic E-state index is 11.6. The molecule has 0 radical (unpaired) electrons. The van der Waals surface area contributed by atoms with Gasteiger partial charge in [0.2, 0.25) is 0 Å². The number of nitrogens with one attached hydrogen (secondary N) is 3. The normalized spacial score (nSPS) is 13.6. The molecule has 2 atom stereocenters. The highest BCUT2D eigenvalue weighted by atomic mass is 16.4. The van der Waals surface area contributed by atoms with Crippen molar-refractivity contribution in [2.75, 3.05) is 6.54 Å². The molecule has 0 bridgehead atoms. The fourth-order valence-corrected chi connectivity index (χ4v) is 1.60. The molecule has 0 aliphatic carbocycles. The monoisotopic (exact) mass is 268 g/mol. The third-order valence-electron chi connectivity index (χ3n) is 2.97. The smallest absolute Gasteiger partial charge is 0.326 e. The maximum Gasteiger partial charge on any atom is 0.326 e. The summed E-state index contributed by atoms with van der Waals surface area (Å²) in [5, 5.41) is 14.1. The van der Waals surface area contributed by atoms with Crippen LogP contribution in [0.1, 0.15) is 26.1 Å². The Balaban J connectivity index is 2.34. The number of aliphatic carboxylic acids is 1. The number of H-pyrrole nitrogens is 1. The van der Waals surface area contributed by atoms with E-state index < -0.39 is 18.0 Å². The zero-order valence-corrected chi connectivity index (χ0v) is 11.1. The number of imidazole rings is 1. The first-order chi connectivity index (χ1) is 9.04. The quantitative estimate of drug-likeness (QED) is 0.585. The molecular weight excluding hydrogens is 248 g/mol. The molecule has 19 heavy (non-hydrogen) atoms. The van der Waals surface area contributed by atoms with Gasteiger partial charge in [-0.15, -0.1) is 0 Å². The number of carboxylic acids is 1. The topological polar surface area (TPSA) is 107 Å². The minimum absolute atomic E-state index is 0.117. The summed E-state index contributed by atoms with van der Waals surface area (Å²) in [6.07, 6.45) is 4.60. The van der Waals surface area contributed by atoms with E-state index >= 15 is 0 Å². The van der Waals surface area contributed by atoms with Crippen LogP contribution in [0.4, 0.5) is 4.79 Å². The number of carboxylic acid groups (broad SMARTS) is 1. The van der Waals surface area contributed by atoms with E-state index in [2.05, 4.69) is 20.6 Å². The zero-order valence-electron chi connectivity index (χ0n) is 11.1. The van der Waals surface area contributed by atoms with Gasteiger partial charge >= 0.3 is 12.0 Å². The molecule has 2 amide bonds. The molecule has 0 saturated heterocycles. The first-order valence-electron chi connectivity index (χ1n) is 6.30. The van der Waals surface area contributed by atoms with Gasteiger partial charge in [0.1, 0.15) is 11.9 Å². The van der Waals surface area contributed by atoms with E-state index in [0.29, 0.717) is 19.4 Å². The number of urea groups is 1. The Morgan fingerprint density at radius 3 is 2.79 bits per heavy atom. The third-order valence-corrected chi connectivity index (χ3v) is 2.97. The van der Waals surface area contributed by atoms with Crippen LogP contribution in [0.15, 0.2) is 12.4 Å². The van der Waals surface area contributed by atoms with Crippen LogP contribution >= 0.6 is 0 Å². The lowest BCUT2D eigenvalue weighted by Gasteiger charge is -2.20. The molecule has 0 aliphatic heterocycles. The van der Waals surface area contributed by atoms with Crippen LogP contribution in [0.3, 0.4) is 0 Å². The Bertz CT molecular complexity index is 405. The van der Waals surface area contributed by atoms with Gasteiger partial charge in [-0.2, -0.15) is 0 Å². The molecule has 0 fully saturated rings. The van der Waals surface area contributed by atoms with Gasteiger partial charge < -0.3 is 20.7 Å². The molecule has 7 nitrogen and oxygen atoms in total. The number of amides is 2. The number of hydrogen-bond acceptors (Lipinski definition) is 3. The van der Waals surface area contributed by atoms with Gasteiger partial charge in [0.15, 0.2) is 0 Å². The van der Waals surface area contributed by atoms with Crippen LogP contribution in [-0.2, 0) is 11.2 Å². The van der Waals surface area contributed by atoms with Crippen LogP contribution in [0.2, 0.25) is 0 Å². The fraction of sp³-hybridized carbons (Fsp3) is 0.583. The Hall–Kier alpha value is -2.05. The highest BCUT2D eigenvalue weighted by Gasteiger charge is 2.24. The van der Waals surface area contributed by atoms with Crippen molar-refractivity contribution in [2.24, 2.45) is 5.92 Å². The van der Waals surface area contributed by atoms with E-state index in [0.717, 1.165) is 5.82 Å². The molecule has 0 saturated carbocycles. The lowest BCUT2D eigenvalue weighted by Crippen LogP contribution is -2.49. The summed E-state index contributed by atoms with van der Waals surface area (Å²) >= 11 is 0. The summed E-state index contributed by atoms with van der Waals surface area (Å²) in [6, 6.07) is -1.34. The summed E-state index contributed by atoms with van der Waals surface area (Å²) in [7, 11) is 0. The minimum atomic E-state index is -1.02. The first-order valence-corrected chi connectivity index (χ1v) is 6.30. The van der Waals surface area contributed by atoms with Gasteiger partial charge in [-0.3, -0.25) is 0 Å². The van der Waals surface area contributed by atoms with Crippen LogP contribution < -0.4 is 10.6 Å². The largest absolute Gasteiger partial charge is 0.480 e. The third kappa shape index (κ3) is 4.99. The van der Waals surface area contributed by atoms with Crippen LogP contribution in [0.5, 0.6) is 0 Å².